The lowest BCUT2D eigenvalue weighted by atomic mass is 10.1. The minimum absolute atomic E-state index is 0.164. The summed E-state index contributed by atoms with van der Waals surface area (Å²) in [7, 11) is -0.435. The zero-order valence-electron chi connectivity index (χ0n) is 17.2. The lowest BCUT2D eigenvalue weighted by Gasteiger charge is -2.31. The van der Waals surface area contributed by atoms with Gasteiger partial charge in [0.1, 0.15) is 16.4 Å². The number of anilines is 1. The standard InChI is InChI=1S/C22H23ClN2O4S2/c1-28-17-6-3-15(4-7-17)19-14-30-22(24-19)25-11-9-18(10-12-25)31(26,27)21-13-16(23)5-8-20(21)29-2/h3-8,13-14,18H,9-12H2,1-2H3. The first-order valence-electron chi connectivity index (χ1n) is 9.84. The molecule has 0 radical (unpaired) electrons. The Morgan fingerprint density at radius 2 is 1.77 bits per heavy atom. The van der Waals surface area contributed by atoms with E-state index in [0.717, 1.165) is 22.1 Å². The molecule has 31 heavy (non-hydrogen) atoms. The van der Waals surface area contributed by atoms with Crippen LogP contribution in [0.5, 0.6) is 11.5 Å². The molecule has 1 aliphatic heterocycles. The van der Waals surface area contributed by atoms with Crippen LogP contribution in [0.1, 0.15) is 12.8 Å². The van der Waals surface area contributed by atoms with E-state index in [0.29, 0.717) is 36.7 Å². The van der Waals surface area contributed by atoms with Crippen LogP contribution in [-0.2, 0) is 9.84 Å². The highest BCUT2D eigenvalue weighted by molar-refractivity contribution is 7.92. The van der Waals surface area contributed by atoms with Gasteiger partial charge in [0.25, 0.3) is 0 Å². The number of sulfone groups is 1. The lowest BCUT2D eigenvalue weighted by molar-refractivity contribution is 0.402. The molecule has 0 spiro atoms. The maximum atomic E-state index is 13.2. The number of nitrogens with zero attached hydrogens (tertiary/aromatic N) is 2. The number of ether oxygens (including phenoxy) is 2. The van der Waals surface area contributed by atoms with Gasteiger partial charge in [0.05, 0.1) is 25.2 Å². The van der Waals surface area contributed by atoms with Crippen LogP contribution in [0.25, 0.3) is 11.3 Å². The van der Waals surface area contributed by atoms with Crippen molar-refractivity contribution in [1.82, 2.24) is 4.98 Å². The maximum absolute atomic E-state index is 13.2. The highest BCUT2D eigenvalue weighted by Gasteiger charge is 2.34. The summed E-state index contributed by atoms with van der Waals surface area (Å²) in [5.41, 5.74) is 1.93. The van der Waals surface area contributed by atoms with Crippen molar-refractivity contribution < 1.29 is 17.9 Å². The number of hydrogen-bond acceptors (Lipinski definition) is 7. The lowest BCUT2D eigenvalue weighted by Crippen LogP contribution is -2.39. The summed E-state index contributed by atoms with van der Waals surface area (Å²) in [5, 5.41) is 2.83. The molecular weight excluding hydrogens is 456 g/mol. The van der Waals surface area contributed by atoms with Crippen molar-refractivity contribution in [2.75, 3.05) is 32.2 Å². The Labute approximate surface area is 191 Å². The van der Waals surface area contributed by atoms with E-state index in [-0.39, 0.29) is 4.90 Å². The van der Waals surface area contributed by atoms with Crippen molar-refractivity contribution >= 4 is 37.9 Å². The van der Waals surface area contributed by atoms with Crippen LogP contribution >= 0.6 is 22.9 Å². The molecule has 3 aromatic rings. The first kappa shape index (κ1) is 21.9. The van der Waals surface area contributed by atoms with E-state index in [2.05, 4.69) is 4.90 Å². The van der Waals surface area contributed by atoms with Crippen LogP contribution < -0.4 is 14.4 Å². The fraction of sp³-hybridized carbons (Fsp3) is 0.318. The molecule has 1 aliphatic rings. The van der Waals surface area contributed by atoms with Crippen LogP contribution in [0.15, 0.2) is 52.7 Å². The van der Waals surface area contributed by atoms with Crippen LogP contribution in [0.2, 0.25) is 5.02 Å². The smallest absolute Gasteiger partial charge is 0.185 e. The largest absolute Gasteiger partial charge is 0.497 e. The first-order valence-corrected chi connectivity index (χ1v) is 12.6. The van der Waals surface area contributed by atoms with Crippen molar-refractivity contribution in [3.8, 4) is 22.8 Å². The van der Waals surface area contributed by atoms with E-state index in [4.69, 9.17) is 26.1 Å². The minimum atomic E-state index is -3.54. The molecule has 0 bridgehead atoms. The van der Waals surface area contributed by atoms with Crippen molar-refractivity contribution in [3.05, 3.63) is 52.9 Å². The molecule has 0 amide bonds. The van der Waals surface area contributed by atoms with Gasteiger partial charge < -0.3 is 14.4 Å². The van der Waals surface area contributed by atoms with Crippen molar-refractivity contribution in [2.24, 2.45) is 0 Å². The normalized spacial score (nSPS) is 15.1. The Balaban J connectivity index is 1.46. The van der Waals surface area contributed by atoms with E-state index in [1.54, 1.807) is 30.6 Å². The molecule has 4 rings (SSSR count). The van der Waals surface area contributed by atoms with Gasteiger partial charge in [-0.15, -0.1) is 11.3 Å². The highest BCUT2D eigenvalue weighted by atomic mass is 35.5. The number of hydrogen-bond donors (Lipinski definition) is 0. The number of thiazole rings is 1. The zero-order chi connectivity index (χ0) is 22.0. The predicted octanol–water partition coefficient (Wildman–Crippen LogP) is 4.92. The van der Waals surface area contributed by atoms with Gasteiger partial charge in [0, 0.05) is 29.1 Å². The number of halogens is 1. The third-order valence-corrected chi connectivity index (χ3v) is 8.88. The summed E-state index contributed by atoms with van der Waals surface area (Å²) in [6, 6.07) is 12.5. The molecule has 0 saturated carbocycles. The van der Waals surface area contributed by atoms with Crippen LogP contribution in [-0.4, -0.2) is 46.0 Å². The fourth-order valence-electron chi connectivity index (χ4n) is 3.71. The monoisotopic (exact) mass is 478 g/mol. The molecule has 1 saturated heterocycles. The summed E-state index contributed by atoms with van der Waals surface area (Å²) in [6.45, 7) is 1.25. The van der Waals surface area contributed by atoms with Crippen LogP contribution in [0.3, 0.4) is 0 Å². The second kappa shape index (κ2) is 9.06. The zero-order valence-corrected chi connectivity index (χ0v) is 19.6. The fourth-order valence-corrected chi connectivity index (χ4v) is 6.75. The highest BCUT2D eigenvalue weighted by Crippen LogP contribution is 2.35. The summed E-state index contributed by atoms with van der Waals surface area (Å²) in [6.07, 6.45) is 1.05. The Hall–Kier alpha value is -2.29. The van der Waals surface area contributed by atoms with E-state index in [1.807, 2.05) is 29.6 Å². The average molecular weight is 479 g/mol. The summed E-state index contributed by atoms with van der Waals surface area (Å²) < 4.78 is 36.9. The molecule has 0 unspecified atom stereocenters. The molecule has 1 fully saturated rings. The van der Waals surface area contributed by atoms with Crippen molar-refractivity contribution in [3.63, 3.8) is 0 Å². The van der Waals surface area contributed by atoms with Gasteiger partial charge in [-0.2, -0.15) is 0 Å². The van der Waals surface area contributed by atoms with Crippen LogP contribution in [0, 0.1) is 0 Å². The molecule has 0 N–H and O–H groups in total. The molecule has 2 aromatic carbocycles. The molecule has 1 aromatic heterocycles. The molecular formula is C22H23ClN2O4S2. The van der Waals surface area contributed by atoms with Crippen LogP contribution in [0.4, 0.5) is 5.13 Å². The van der Waals surface area contributed by atoms with E-state index >= 15 is 0 Å². The Morgan fingerprint density at radius 1 is 1.06 bits per heavy atom. The summed E-state index contributed by atoms with van der Waals surface area (Å²) in [4.78, 5) is 7.08. The second-order valence-electron chi connectivity index (χ2n) is 7.27. The quantitative estimate of drug-likeness (QED) is 0.500. The second-order valence-corrected chi connectivity index (χ2v) is 10.7. The molecule has 164 valence electrons. The SMILES string of the molecule is COc1ccc(-c2csc(N3CCC(S(=O)(=O)c4cc(Cl)ccc4OC)CC3)n2)cc1. The Bertz CT molecular complexity index is 1150. The van der Waals surface area contributed by atoms with Gasteiger partial charge >= 0.3 is 0 Å². The Morgan fingerprint density at radius 3 is 2.42 bits per heavy atom. The molecule has 6 nitrogen and oxygen atoms in total. The molecule has 0 aliphatic carbocycles. The van der Waals surface area contributed by atoms with Gasteiger partial charge in [0.15, 0.2) is 15.0 Å². The maximum Gasteiger partial charge on any atom is 0.185 e. The van der Waals surface area contributed by atoms with Gasteiger partial charge in [0.2, 0.25) is 0 Å². The van der Waals surface area contributed by atoms with E-state index in [1.165, 1.54) is 13.2 Å². The predicted molar refractivity (Wildman–Crippen MR) is 125 cm³/mol. The van der Waals surface area contributed by atoms with E-state index < -0.39 is 15.1 Å². The number of methoxy groups -OCH3 is 2. The number of benzene rings is 2. The van der Waals surface area contributed by atoms with Gasteiger partial charge in [-0.05, 0) is 55.3 Å². The van der Waals surface area contributed by atoms with Gasteiger partial charge in [-0.1, -0.05) is 11.6 Å². The molecule has 2 heterocycles. The first-order chi connectivity index (χ1) is 14.9. The van der Waals surface area contributed by atoms with Gasteiger partial charge in [-0.3, -0.25) is 0 Å². The molecule has 0 atom stereocenters. The third kappa shape index (κ3) is 4.51. The van der Waals surface area contributed by atoms with Crippen molar-refractivity contribution in [1.29, 1.82) is 0 Å². The number of piperidine rings is 1. The van der Waals surface area contributed by atoms with E-state index in [9.17, 15) is 8.42 Å². The number of rotatable bonds is 6. The van der Waals surface area contributed by atoms with Gasteiger partial charge in [-0.25, -0.2) is 13.4 Å². The van der Waals surface area contributed by atoms with Crippen molar-refractivity contribution in [2.45, 2.75) is 23.0 Å². The summed E-state index contributed by atoms with van der Waals surface area (Å²) >= 11 is 7.62. The minimum Gasteiger partial charge on any atom is -0.497 e. The Kier molecular flexibility index (Phi) is 6.41. The number of aromatic nitrogens is 1. The summed E-state index contributed by atoms with van der Waals surface area (Å²) in [5.74, 6) is 1.13. The third-order valence-electron chi connectivity index (χ3n) is 5.46. The average Bonchev–Trinajstić information content (AvgIpc) is 3.29. The topological polar surface area (TPSA) is 68.7 Å². The molecule has 9 heteroatoms.